The first-order valence-corrected chi connectivity index (χ1v) is 5.51. The summed E-state index contributed by atoms with van der Waals surface area (Å²) in [5.41, 5.74) is -0.675. The van der Waals surface area contributed by atoms with Gasteiger partial charge in [-0.1, -0.05) is 13.8 Å². The summed E-state index contributed by atoms with van der Waals surface area (Å²) in [6.45, 7) is 3.37. The molecule has 0 bridgehead atoms. The van der Waals surface area contributed by atoms with Crippen molar-refractivity contribution in [3.05, 3.63) is 34.1 Å². The molecule has 1 atom stereocenters. The molecule has 6 nitrogen and oxygen atoms in total. The number of nitrogens with one attached hydrogen (secondary N) is 1. The second-order valence-corrected chi connectivity index (χ2v) is 4.26. The first-order chi connectivity index (χ1) is 8.86. The summed E-state index contributed by atoms with van der Waals surface area (Å²) in [6.07, 6.45) is 0. The first kappa shape index (κ1) is 14.6. The van der Waals surface area contributed by atoms with E-state index in [0.29, 0.717) is 6.07 Å². The predicted octanol–water partition coefficient (Wildman–Crippen LogP) is 2.47. The van der Waals surface area contributed by atoms with Crippen LogP contribution in [-0.2, 0) is 4.79 Å². The molecule has 1 aromatic rings. The molecule has 1 amide bonds. The highest BCUT2D eigenvalue weighted by atomic mass is 19.1. The highest BCUT2D eigenvalue weighted by Gasteiger charge is 2.24. The standard InChI is InChI=1S/C12H12FN3O3/c1-7(2)9(6-14)12(17)15-10-4-3-8(13)5-11(10)16(18)19/h3-5,7,9H,1-2H3,(H,15,17). The Morgan fingerprint density at radius 1 is 1.53 bits per heavy atom. The summed E-state index contributed by atoms with van der Waals surface area (Å²) < 4.78 is 12.9. The Labute approximate surface area is 109 Å². The third-order valence-corrected chi connectivity index (χ3v) is 2.50. The molecular formula is C12H12FN3O3. The second-order valence-electron chi connectivity index (χ2n) is 4.26. The van der Waals surface area contributed by atoms with E-state index in [1.165, 1.54) is 0 Å². The van der Waals surface area contributed by atoms with Crippen molar-refractivity contribution in [3.8, 4) is 6.07 Å². The van der Waals surface area contributed by atoms with Gasteiger partial charge < -0.3 is 5.32 Å². The SMILES string of the molecule is CC(C)C(C#N)C(=O)Nc1ccc(F)cc1[N+](=O)[O-]. The van der Waals surface area contributed by atoms with Gasteiger partial charge in [0.25, 0.3) is 5.69 Å². The van der Waals surface area contributed by atoms with Gasteiger partial charge in [0.2, 0.25) is 5.91 Å². The lowest BCUT2D eigenvalue weighted by molar-refractivity contribution is -0.384. The van der Waals surface area contributed by atoms with E-state index >= 15 is 0 Å². The minimum absolute atomic E-state index is 0.127. The molecule has 0 saturated carbocycles. The molecule has 19 heavy (non-hydrogen) atoms. The molecule has 1 unspecified atom stereocenters. The number of halogens is 1. The number of nitro benzene ring substituents is 1. The molecule has 1 aromatic carbocycles. The Bertz CT molecular complexity index is 552. The molecule has 0 saturated heterocycles. The minimum Gasteiger partial charge on any atom is -0.319 e. The molecule has 0 aliphatic heterocycles. The average Bonchev–Trinajstić information content (AvgIpc) is 2.31. The van der Waals surface area contributed by atoms with Crippen LogP contribution < -0.4 is 5.32 Å². The van der Waals surface area contributed by atoms with Crippen molar-refractivity contribution in [2.45, 2.75) is 13.8 Å². The molecule has 0 aliphatic carbocycles. The molecular weight excluding hydrogens is 253 g/mol. The van der Waals surface area contributed by atoms with Crippen molar-refractivity contribution < 1.29 is 14.1 Å². The average molecular weight is 265 g/mol. The van der Waals surface area contributed by atoms with Gasteiger partial charge in [-0.05, 0) is 18.1 Å². The molecule has 0 aliphatic rings. The van der Waals surface area contributed by atoms with Crippen LogP contribution in [0.25, 0.3) is 0 Å². The van der Waals surface area contributed by atoms with Crippen LogP contribution in [-0.4, -0.2) is 10.8 Å². The fourth-order valence-electron chi connectivity index (χ4n) is 1.48. The zero-order valence-electron chi connectivity index (χ0n) is 10.4. The monoisotopic (exact) mass is 265 g/mol. The predicted molar refractivity (Wildman–Crippen MR) is 65.6 cm³/mol. The van der Waals surface area contributed by atoms with Crippen molar-refractivity contribution >= 4 is 17.3 Å². The number of hydrogen-bond donors (Lipinski definition) is 1. The number of anilines is 1. The number of nitrogens with zero attached hydrogens (tertiary/aromatic N) is 2. The number of carbonyl (C=O) groups excluding carboxylic acids is 1. The molecule has 100 valence electrons. The van der Waals surface area contributed by atoms with Crippen molar-refractivity contribution in [1.29, 1.82) is 5.26 Å². The van der Waals surface area contributed by atoms with Crippen molar-refractivity contribution in [1.82, 2.24) is 0 Å². The Morgan fingerprint density at radius 3 is 2.63 bits per heavy atom. The van der Waals surface area contributed by atoms with Gasteiger partial charge >= 0.3 is 0 Å². The summed E-state index contributed by atoms with van der Waals surface area (Å²) in [6, 6.07) is 4.64. The van der Waals surface area contributed by atoms with E-state index < -0.39 is 28.3 Å². The van der Waals surface area contributed by atoms with Crippen LogP contribution in [0.4, 0.5) is 15.8 Å². The number of hydrogen-bond acceptors (Lipinski definition) is 4. The highest BCUT2D eigenvalue weighted by molar-refractivity contribution is 5.96. The van der Waals surface area contributed by atoms with Gasteiger partial charge in [-0.25, -0.2) is 4.39 Å². The van der Waals surface area contributed by atoms with Gasteiger partial charge in [-0.15, -0.1) is 0 Å². The number of rotatable bonds is 4. The van der Waals surface area contributed by atoms with Crippen LogP contribution in [0.5, 0.6) is 0 Å². The molecule has 0 aromatic heterocycles. The van der Waals surface area contributed by atoms with Gasteiger partial charge in [0.15, 0.2) is 0 Å². The first-order valence-electron chi connectivity index (χ1n) is 5.51. The summed E-state index contributed by atoms with van der Waals surface area (Å²) in [5.74, 6) is -2.58. The molecule has 7 heteroatoms. The molecule has 0 spiro atoms. The molecule has 0 radical (unpaired) electrons. The molecule has 0 fully saturated rings. The van der Waals surface area contributed by atoms with Crippen molar-refractivity contribution in [2.75, 3.05) is 5.32 Å². The topological polar surface area (TPSA) is 96.0 Å². The summed E-state index contributed by atoms with van der Waals surface area (Å²) in [5, 5.41) is 21.9. The lowest BCUT2D eigenvalue weighted by Gasteiger charge is -2.13. The third kappa shape index (κ3) is 3.48. The Kier molecular flexibility index (Phi) is 4.53. The zero-order valence-corrected chi connectivity index (χ0v) is 10.4. The molecule has 0 heterocycles. The maximum Gasteiger partial charge on any atom is 0.295 e. The third-order valence-electron chi connectivity index (χ3n) is 2.50. The van der Waals surface area contributed by atoms with E-state index in [2.05, 4.69) is 5.32 Å². The van der Waals surface area contributed by atoms with E-state index in [-0.39, 0.29) is 11.6 Å². The van der Waals surface area contributed by atoms with E-state index in [0.717, 1.165) is 12.1 Å². The van der Waals surface area contributed by atoms with Gasteiger partial charge in [-0.3, -0.25) is 14.9 Å². The molecule has 1 N–H and O–H groups in total. The van der Waals surface area contributed by atoms with Crippen LogP contribution in [0.2, 0.25) is 0 Å². The number of nitriles is 1. The van der Waals surface area contributed by atoms with E-state index in [1.54, 1.807) is 13.8 Å². The number of amides is 1. The van der Waals surface area contributed by atoms with Gasteiger partial charge in [-0.2, -0.15) is 5.26 Å². The van der Waals surface area contributed by atoms with Gasteiger partial charge in [0, 0.05) is 0 Å². The lowest BCUT2D eigenvalue weighted by Crippen LogP contribution is -2.26. The largest absolute Gasteiger partial charge is 0.319 e. The smallest absolute Gasteiger partial charge is 0.295 e. The molecule has 1 rings (SSSR count). The van der Waals surface area contributed by atoms with E-state index in [9.17, 15) is 19.3 Å². The fourth-order valence-corrected chi connectivity index (χ4v) is 1.48. The maximum absolute atomic E-state index is 12.9. The second kappa shape index (κ2) is 5.91. The van der Waals surface area contributed by atoms with Crippen molar-refractivity contribution in [3.63, 3.8) is 0 Å². The normalized spacial score (nSPS) is 11.7. The van der Waals surface area contributed by atoms with Crippen LogP contribution in [0.15, 0.2) is 18.2 Å². The fraction of sp³-hybridized carbons (Fsp3) is 0.333. The van der Waals surface area contributed by atoms with Crippen LogP contribution in [0.3, 0.4) is 0 Å². The number of carbonyl (C=O) groups is 1. The quantitative estimate of drug-likeness (QED) is 0.668. The number of benzene rings is 1. The van der Waals surface area contributed by atoms with Crippen LogP contribution >= 0.6 is 0 Å². The maximum atomic E-state index is 12.9. The van der Waals surface area contributed by atoms with E-state index in [4.69, 9.17) is 5.26 Å². The van der Waals surface area contributed by atoms with Gasteiger partial charge in [0.05, 0.1) is 17.1 Å². The Hall–Kier alpha value is -2.49. The summed E-state index contributed by atoms with van der Waals surface area (Å²) in [4.78, 5) is 21.8. The summed E-state index contributed by atoms with van der Waals surface area (Å²) >= 11 is 0. The summed E-state index contributed by atoms with van der Waals surface area (Å²) in [7, 11) is 0. The lowest BCUT2D eigenvalue weighted by atomic mass is 9.96. The Morgan fingerprint density at radius 2 is 2.16 bits per heavy atom. The minimum atomic E-state index is -0.926. The van der Waals surface area contributed by atoms with Gasteiger partial charge in [0.1, 0.15) is 17.4 Å². The van der Waals surface area contributed by atoms with Crippen molar-refractivity contribution in [2.24, 2.45) is 11.8 Å². The zero-order chi connectivity index (χ0) is 14.6. The highest BCUT2D eigenvalue weighted by Crippen LogP contribution is 2.26. The van der Waals surface area contributed by atoms with Crippen LogP contribution in [0, 0.1) is 39.1 Å². The Balaban J connectivity index is 3.03. The van der Waals surface area contributed by atoms with E-state index in [1.807, 2.05) is 6.07 Å². The van der Waals surface area contributed by atoms with Crippen LogP contribution in [0.1, 0.15) is 13.8 Å². The number of nitro groups is 1.